The van der Waals surface area contributed by atoms with Crippen molar-refractivity contribution in [1.82, 2.24) is 4.90 Å². The van der Waals surface area contributed by atoms with Gasteiger partial charge in [-0.15, -0.1) is 0 Å². The van der Waals surface area contributed by atoms with E-state index < -0.39 is 17.3 Å². The Morgan fingerprint density at radius 1 is 1.38 bits per heavy atom. The molecule has 2 rings (SSSR count). The molecule has 116 valence electrons. The maximum absolute atomic E-state index is 11.9. The van der Waals surface area contributed by atoms with Crippen molar-refractivity contribution in [2.75, 3.05) is 20.2 Å². The highest BCUT2D eigenvalue weighted by atomic mass is 35.5. The van der Waals surface area contributed by atoms with Gasteiger partial charge in [0.2, 0.25) is 0 Å². The molecule has 6 heteroatoms. The molecular weight excluding hydrogens is 294 g/mol. The van der Waals surface area contributed by atoms with Gasteiger partial charge in [-0.2, -0.15) is 0 Å². The van der Waals surface area contributed by atoms with Crippen molar-refractivity contribution in [2.24, 2.45) is 0 Å². The largest absolute Gasteiger partial charge is 0.496 e. The maximum atomic E-state index is 11.9. The minimum absolute atomic E-state index is 0.151. The summed E-state index contributed by atoms with van der Waals surface area (Å²) in [7, 11) is 1.53. The number of methoxy groups -OCH3 is 1. The molecule has 1 saturated heterocycles. The van der Waals surface area contributed by atoms with E-state index in [9.17, 15) is 9.90 Å². The summed E-state index contributed by atoms with van der Waals surface area (Å²) < 4.78 is 10.5. The summed E-state index contributed by atoms with van der Waals surface area (Å²) in [5, 5.41) is 11.2. The number of carbonyl (C=O) groups excluding carboxylic acids is 1. The molecule has 0 unspecified atom stereocenters. The van der Waals surface area contributed by atoms with Gasteiger partial charge in [-0.05, 0) is 39.0 Å². The Kier molecular flexibility index (Phi) is 4.08. The van der Waals surface area contributed by atoms with E-state index in [-0.39, 0.29) is 13.1 Å². The van der Waals surface area contributed by atoms with Gasteiger partial charge in [0.05, 0.1) is 20.2 Å². The predicted octanol–water partition coefficient (Wildman–Crippen LogP) is 2.79. The molecule has 1 aliphatic rings. The summed E-state index contributed by atoms with van der Waals surface area (Å²) in [5.74, 6) is 0.547. The molecule has 1 fully saturated rings. The average Bonchev–Trinajstić information content (AvgIpc) is 2.32. The first-order valence-electron chi connectivity index (χ1n) is 6.69. The molecular formula is C15H20ClNO4. The van der Waals surface area contributed by atoms with E-state index in [0.29, 0.717) is 16.3 Å². The van der Waals surface area contributed by atoms with Crippen molar-refractivity contribution in [1.29, 1.82) is 0 Å². The lowest BCUT2D eigenvalue weighted by Crippen LogP contribution is -2.62. The minimum atomic E-state index is -1.16. The van der Waals surface area contributed by atoms with Crippen LogP contribution in [0.4, 0.5) is 4.79 Å². The van der Waals surface area contributed by atoms with Crippen LogP contribution in [0.5, 0.6) is 5.75 Å². The first-order chi connectivity index (χ1) is 9.64. The number of halogens is 1. The zero-order valence-corrected chi connectivity index (χ0v) is 13.4. The molecule has 1 aliphatic heterocycles. The minimum Gasteiger partial charge on any atom is -0.496 e. The summed E-state index contributed by atoms with van der Waals surface area (Å²) in [6.45, 7) is 5.71. The quantitative estimate of drug-likeness (QED) is 0.912. The monoisotopic (exact) mass is 313 g/mol. The smallest absolute Gasteiger partial charge is 0.410 e. The summed E-state index contributed by atoms with van der Waals surface area (Å²) >= 11 is 5.98. The van der Waals surface area contributed by atoms with Crippen LogP contribution in [-0.2, 0) is 10.3 Å². The van der Waals surface area contributed by atoms with Gasteiger partial charge in [-0.3, -0.25) is 0 Å². The molecule has 0 bridgehead atoms. The van der Waals surface area contributed by atoms with Crippen LogP contribution < -0.4 is 4.74 Å². The molecule has 1 aromatic rings. The van der Waals surface area contributed by atoms with Crippen molar-refractivity contribution in [3.63, 3.8) is 0 Å². The molecule has 0 radical (unpaired) electrons. The van der Waals surface area contributed by atoms with Crippen molar-refractivity contribution >= 4 is 17.7 Å². The lowest BCUT2D eigenvalue weighted by molar-refractivity contribution is -0.104. The summed E-state index contributed by atoms with van der Waals surface area (Å²) in [6.07, 6.45) is -0.437. The van der Waals surface area contributed by atoms with Crippen LogP contribution >= 0.6 is 11.6 Å². The van der Waals surface area contributed by atoms with Gasteiger partial charge in [0, 0.05) is 10.6 Å². The summed E-state index contributed by atoms with van der Waals surface area (Å²) in [5.41, 5.74) is -1.14. The van der Waals surface area contributed by atoms with E-state index in [1.54, 1.807) is 39.0 Å². The number of aliphatic hydroxyl groups is 1. The van der Waals surface area contributed by atoms with E-state index in [2.05, 4.69) is 0 Å². The highest BCUT2D eigenvalue weighted by Crippen LogP contribution is 2.39. The van der Waals surface area contributed by atoms with Crippen molar-refractivity contribution < 1.29 is 19.4 Å². The topological polar surface area (TPSA) is 59.0 Å². The van der Waals surface area contributed by atoms with Crippen molar-refractivity contribution in [2.45, 2.75) is 32.0 Å². The van der Waals surface area contributed by atoms with Gasteiger partial charge in [-0.25, -0.2) is 4.79 Å². The van der Waals surface area contributed by atoms with Crippen LogP contribution in [0.3, 0.4) is 0 Å². The zero-order chi connectivity index (χ0) is 15.8. The van der Waals surface area contributed by atoms with Gasteiger partial charge < -0.3 is 19.5 Å². The number of likely N-dealkylation sites (tertiary alicyclic amines) is 1. The van der Waals surface area contributed by atoms with E-state index in [1.807, 2.05) is 0 Å². The van der Waals surface area contributed by atoms with Crippen LogP contribution in [0.1, 0.15) is 26.3 Å². The van der Waals surface area contributed by atoms with Crippen LogP contribution in [0.25, 0.3) is 0 Å². The van der Waals surface area contributed by atoms with Gasteiger partial charge in [-0.1, -0.05) is 11.6 Å². The fourth-order valence-electron chi connectivity index (χ4n) is 2.25. The highest BCUT2D eigenvalue weighted by Gasteiger charge is 2.48. The fourth-order valence-corrected chi connectivity index (χ4v) is 2.43. The second-order valence-corrected chi connectivity index (χ2v) is 6.65. The lowest BCUT2D eigenvalue weighted by atomic mass is 9.86. The molecule has 0 aromatic heterocycles. The van der Waals surface area contributed by atoms with Crippen molar-refractivity contribution in [3.8, 4) is 5.75 Å². The Balaban J connectivity index is 2.11. The maximum Gasteiger partial charge on any atom is 0.410 e. The predicted molar refractivity (Wildman–Crippen MR) is 79.7 cm³/mol. The molecule has 1 aromatic carbocycles. The number of rotatable bonds is 2. The van der Waals surface area contributed by atoms with E-state index in [0.717, 1.165) is 0 Å². The van der Waals surface area contributed by atoms with Crippen molar-refractivity contribution in [3.05, 3.63) is 28.8 Å². The van der Waals surface area contributed by atoms with Gasteiger partial charge in [0.15, 0.2) is 0 Å². The molecule has 1 amide bonds. The number of hydrogen-bond acceptors (Lipinski definition) is 4. The molecule has 1 N–H and O–H groups in total. The van der Waals surface area contributed by atoms with Crippen LogP contribution in [-0.4, -0.2) is 41.9 Å². The second-order valence-electron chi connectivity index (χ2n) is 6.21. The average molecular weight is 314 g/mol. The molecule has 5 nitrogen and oxygen atoms in total. The van der Waals surface area contributed by atoms with Gasteiger partial charge >= 0.3 is 6.09 Å². The van der Waals surface area contributed by atoms with E-state index in [4.69, 9.17) is 21.1 Å². The Morgan fingerprint density at radius 3 is 2.52 bits per heavy atom. The first-order valence-corrected chi connectivity index (χ1v) is 7.07. The Labute approximate surface area is 129 Å². The highest BCUT2D eigenvalue weighted by molar-refractivity contribution is 6.30. The molecule has 0 saturated carbocycles. The van der Waals surface area contributed by atoms with E-state index >= 15 is 0 Å². The Hall–Kier alpha value is -1.46. The third kappa shape index (κ3) is 3.41. The number of β-amino-alcohol motifs (C(OH)–C–C–N with tert-alkyl or cyclic N) is 1. The summed E-state index contributed by atoms with van der Waals surface area (Å²) in [4.78, 5) is 13.4. The summed E-state index contributed by atoms with van der Waals surface area (Å²) in [6, 6.07) is 5.05. The lowest BCUT2D eigenvalue weighted by Gasteiger charge is -2.46. The number of amides is 1. The van der Waals surface area contributed by atoms with Gasteiger partial charge in [0.1, 0.15) is 17.0 Å². The number of ether oxygens (including phenoxy) is 2. The standard InChI is InChI=1S/C15H20ClNO4/c1-14(2,3)21-13(18)17-8-15(19,9-17)11-7-10(16)5-6-12(11)20-4/h5-7,19H,8-9H2,1-4H3. The van der Waals surface area contributed by atoms with E-state index in [1.165, 1.54) is 12.0 Å². The Bertz CT molecular complexity index is 547. The molecule has 0 aliphatic carbocycles. The SMILES string of the molecule is COc1ccc(Cl)cc1C1(O)CN(C(=O)OC(C)(C)C)C1. The van der Waals surface area contributed by atoms with Crippen LogP contribution in [0, 0.1) is 0 Å². The second kappa shape index (κ2) is 5.39. The fraction of sp³-hybridized carbons (Fsp3) is 0.533. The zero-order valence-electron chi connectivity index (χ0n) is 12.6. The van der Waals surface area contributed by atoms with Crippen LogP contribution in [0.2, 0.25) is 5.02 Å². The van der Waals surface area contributed by atoms with Gasteiger partial charge in [0.25, 0.3) is 0 Å². The number of carbonyl (C=O) groups is 1. The third-order valence-corrected chi connectivity index (χ3v) is 3.45. The first kappa shape index (κ1) is 15.9. The number of nitrogens with zero attached hydrogens (tertiary/aromatic N) is 1. The normalized spacial score (nSPS) is 17.1. The molecule has 0 atom stereocenters. The Morgan fingerprint density at radius 2 is 2.00 bits per heavy atom. The third-order valence-electron chi connectivity index (χ3n) is 3.22. The molecule has 21 heavy (non-hydrogen) atoms. The molecule has 0 spiro atoms. The van der Waals surface area contributed by atoms with Crippen LogP contribution in [0.15, 0.2) is 18.2 Å². The number of benzene rings is 1. The molecule has 1 heterocycles. The number of hydrogen-bond donors (Lipinski definition) is 1.